The largest absolute Gasteiger partial charge is 0.279 e. The van der Waals surface area contributed by atoms with Crippen molar-refractivity contribution in [2.45, 2.75) is 35.6 Å². The molecule has 2 aromatic rings. The Labute approximate surface area is 158 Å². The van der Waals surface area contributed by atoms with Crippen LogP contribution in [0.25, 0.3) is 0 Å². The van der Waals surface area contributed by atoms with E-state index in [-0.39, 0.29) is 28.3 Å². The minimum Gasteiger partial charge on any atom is -0.279 e. The molecule has 0 radical (unpaired) electrons. The molecule has 152 valence electrons. The van der Waals surface area contributed by atoms with Gasteiger partial charge in [0.25, 0.3) is 10.0 Å². The SMILES string of the molecule is Cc1c(NS(=O)(=O)c2c(F)c(F)cc(F)c2F)cccc1S(=O)(=O)NC1CC1. The van der Waals surface area contributed by atoms with Gasteiger partial charge >= 0.3 is 0 Å². The number of anilines is 1. The van der Waals surface area contributed by atoms with Crippen molar-refractivity contribution in [3.63, 3.8) is 0 Å². The van der Waals surface area contributed by atoms with Crippen LogP contribution in [0, 0.1) is 30.2 Å². The van der Waals surface area contributed by atoms with Gasteiger partial charge in [-0.2, -0.15) is 0 Å². The molecular formula is C16H14F4N2O4S2. The topological polar surface area (TPSA) is 92.3 Å². The summed E-state index contributed by atoms with van der Waals surface area (Å²) in [6.45, 7) is 1.28. The summed E-state index contributed by atoms with van der Waals surface area (Å²) in [7, 11) is -9.06. The molecule has 0 aliphatic heterocycles. The molecule has 12 heteroatoms. The molecule has 6 nitrogen and oxygen atoms in total. The van der Waals surface area contributed by atoms with Crippen LogP contribution in [0.2, 0.25) is 0 Å². The molecule has 0 bridgehead atoms. The zero-order valence-corrected chi connectivity index (χ0v) is 15.9. The molecule has 1 fully saturated rings. The molecule has 1 saturated carbocycles. The zero-order valence-electron chi connectivity index (χ0n) is 14.3. The molecule has 0 amide bonds. The summed E-state index contributed by atoms with van der Waals surface area (Å²) in [5, 5.41) is 0. The summed E-state index contributed by atoms with van der Waals surface area (Å²) in [5.74, 6) is -7.96. The van der Waals surface area contributed by atoms with Crippen LogP contribution < -0.4 is 9.44 Å². The first-order valence-corrected chi connectivity index (χ1v) is 10.9. The third-order valence-corrected chi connectivity index (χ3v) is 7.11. The monoisotopic (exact) mass is 438 g/mol. The van der Waals surface area contributed by atoms with Crippen LogP contribution in [0.15, 0.2) is 34.1 Å². The summed E-state index contributed by atoms with van der Waals surface area (Å²) < 4.78 is 108. The molecule has 0 aromatic heterocycles. The van der Waals surface area contributed by atoms with E-state index < -0.39 is 48.2 Å². The first-order valence-electron chi connectivity index (χ1n) is 7.92. The molecular weight excluding hydrogens is 424 g/mol. The van der Waals surface area contributed by atoms with Gasteiger partial charge in [-0.25, -0.2) is 39.1 Å². The van der Waals surface area contributed by atoms with Crippen LogP contribution in [-0.4, -0.2) is 22.9 Å². The molecule has 28 heavy (non-hydrogen) atoms. The van der Waals surface area contributed by atoms with E-state index in [0.29, 0.717) is 12.8 Å². The average Bonchev–Trinajstić information content (AvgIpc) is 3.38. The molecule has 0 saturated heterocycles. The van der Waals surface area contributed by atoms with Crippen molar-refractivity contribution in [3.05, 3.63) is 53.1 Å². The van der Waals surface area contributed by atoms with Gasteiger partial charge in [0.2, 0.25) is 10.0 Å². The van der Waals surface area contributed by atoms with Crippen molar-refractivity contribution in [2.24, 2.45) is 0 Å². The van der Waals surface area contributed by atoms with E-state index in [1.807, 2.05) is 0 Å². The van der Waals surface area contributed by atoms with Gasteiger partial charge in [-0.1, -0.05) is 6.07 Å². The zero-order chi connectivity index (χ0) is 20.9. The van der Waals surface area contributed by atoms with E-state index in [1.54, 1.807) is 4.72 Å². The second-order valence-corrected chi connectivity index (χ2v) is 9.53. The fourth-order valence-electron chi connectivity index (χ4n) is 2.48. The van der Waals surface area contributed by atoms with Crippen molar-refractivity contribution in [1.29, 1.82) is 0 Å². The molecule has 1 aliphatic rings. The van der Waals surface area contributed by atoms with E-state index in [2.05, 4.69) is 4.72 Å². The number of rotatable bonds is 6. The van der Waals surface area contributed by atoms with Crippen LogP contribution >= 0.6 is 0 Å². The van der Waals surface area contributed by atoms with Crippen molar-refractivity contribution in [2.75, 3.05) is 4.72 Å². The summed E-state index contributed by atoms with van der Waals surface area (Å²) >= 11 is 0. The molecule has 0 atom stereocenters. The number of sulfonamides is 2. The minimum atomic E-state index is -5.11. The van der Waals surface area contributed by atoms with E-state index in [4.69, 9.17) is 0 Å². The number of hydrogen-bond donors (Lipinski definition) is 2. The highest BCUT2D eigenvalue weighted by molar-refractivity contribution is 7.92. The van der Waals surface area contributed by atoms with Gasteiger partial charge in [-0.05, 0) is 37.5 Å². The quantitative estimate of drug-likeness (QED) is 0.536. The Hall–Kier alpha value is -2.18. The summed E-state index contributed by atoms with van der Waals surface area (Å²) in [6, 6.07) is 3.26. The van der Waals surface area contributed by atoms with Crippen LogP contribution in [0.3, 0.4) is 0 Å². The number of benzene rings is 2. The molecule has 3 rings (SSSR count). The van der Waals surface area contributed by atoms with Crippen LogP contribution in [-0.2, 0) is 20.0 Å². The van der Waals surface area contributed by atoms with Gasteiger partial charge in [-0.15, -0.1) is 0 Å². The highest BCUT2D eigenvalue weighted by atomic mass is 32.2. The molecule has 2 N–H and O–H groups in total. The summed E-state index contributed by atoms with van der Waals surface area (Å²) in [5.41, 5.74) is -0.376. The van der Waals surface area contributed by atoms with Gasteiger partial charge in [0.05, 0.1) is 10.6 Å². The minimum absolute atomic E-state index is 0.0584. The van der Waals surface area contributed by atoms with Crippen LogP contribution in [0.1, 0.15) is 18.4 Å². The predicted octanol–water partition coefficient (Wildman–Crippen LogP) is 2.79. The van der Waals surface area contributed by atoms with E-state index in [9.17, 15) is 34.4 Å². The first-order chi connectivity index (χ1) is 12.9. The third kappa shape index (κ3) is 3.84. The fourth-order valence-corrected chi connectivity index (χ4v) is 5.34. The molecule has 0 heterocycles. The third-order valence-electron chi connectivity index (χ3n) is 4.06. The van der Waals surface area contributed by atoms with Gasteiger partial charge in [0.15, 0.2) is 28.2 Å². The standard InChI is InChI=1S/C16H14F4N2O4S2/c1-8-12(3-2-4-13(8)27(23,24)21-9-5-6-9)22-28(25,26)16-14(19)10(17)7-11(18)15(16)20/h2-4,7,9,21-22H,5-6H2,1H3. The maximum absolute atomic E-state index is 13.9. The summed E-state index contributed by atoms with van der Waals surface area (Å²) in [4.78, 5) is -2.08. The fraction of sp³-hybridized carbons (Fsp3) is 0.250. The lowest BCUT2D eigenvalue weighted by Crippen LogP contribution is -2.27. The molecule has 1 aliphatic carbocycles. The van der Waals surface area contributed by atoms with Crippen molar-refractivity contribution >= 4 is 25.7 Å². The Balaban J connectivity index is 2.04. The lowest BCUT2D eigenvalue weighted by molar-refractivity contribution is 0.420. The second kappa shape index (κ2) is 7.01. The smallest absolute Gasteiger partial charge is 0.267 e. The van der Waals surface area contributed by atoms with Gasteiger partial charge in [0.1, 0.15) is 0 Å². The van der Waals surface area contributed by atoms with E-state index in [1.165, 1.54) is 19.1 Å². The highest BCUT2D eigenvalue weighted by Crippen LogP contribution is 2.30. The van der Waals surface area contributed by atoms with Crippen molar-refractivity contribution in [1.82, 2.24) is 4.72 Å². The molecule has 0 spiro atoms. The Morgan fingerprint density at radius 2 is 1.50 bits per heavy atom. The Kier molecular flexibility index (Phi) is 5.15. The van der Waals surface area contributed by atoms with Gasteiger partial charge < -0.3 is 0 Å². The first kappa shape index (κ1) is 20.6. The number of nitrogens with one attached hydrogen (secondary N) is 2. The van der Waals surface area contributed by atoms with Gasteiger partial charge in [0, 0.05) is 12.1 Å². The average molecular weight is 438 g/mol. The van der Waals surface area contributed by atoms with Crippen LogP contribution in [0.5, 0.6) is 0 Å². The normalized spacial score (nSPS) is 14.9. The predicted molar refractivity (Wildman–Crippen MR) is 91.6 cm³/mol. The second-order valence-electron chi connectivity index (χ2n) is 6.23. The maximum atomic E-state index is 13.9. The van der Waals surface area contributed by atoms with Crippen molar-refractivity contribution in [3.8, 4) is 0 Å². The molecule has 0 unspecified atom stereocenters. The van der Waals surface area contributed by atoms with Crippen LogP contribution in [0.4, 0.5) is 23.2 Å². The Morgan fingerprint density at radius 3 is 2.04 bits per heavy atom. The maximum Gasteiger partial charge on any atom is 0.267 e. The van der Waals surface area contributed by atoms with E-state index >= 15 is 0 Å². The Morgan fingerprint density at radius 1 is 0.929 bits per heavy atom. The Bertz CT molecular complexity index is 1140. The number of halogens is 4. The van der Waals surface area contributed by atoms with E-state index in [0.717, 1.165) is 6.07 Å². The van der Waals surface area contributed by atoms with Crippen molar-refractivity contribution < 1.29 is 34.4 Å². The lowest BCUT2D eigenvalue weighted by atomic mass is 10.2. The molecule has 2 aromatic carbocycles. The summed E-state index contributed by atoms with van der Waals surface area (Å²) in [6.07, 6.45) is 1.35. The van der Waals surface area contributed by atoms with Gasteiger partial charge in [-0.3, -0.25) is 4.72 Å². The lowest BCUT2D eigenvalue weighted by Gasteiger charge is -2.15. The number of hydrogen-bond acceptors (Lipinski definition) is 4. The highest BCUT2D eigenvalue weighted by Gasteiger charge is 2.32.